The van der Waals surface area contributed by atoms with Crippen molar-refractivity contribution in [3.8, 4) is 5.69 Å². The fraction of sp³-hybridized carbons (Fsp3) is 0.286. The molecular formula is C28H33N7S. The SMILES string of the molecule is CC(C)c1cc(Cc2cnc(N3CCc4ccc(/C(N)=C/N(C)N)cc4C3)s2)cc(-n2cccn2)c1. The number of hydrogen-bond donors (Lipinski definition) is 2. The van der Waals surface area contributed by atoms with Crippen molar-refractivity contribution in [2.75, 3.05) is 18.5 Å². The van der Waals surface area contributed by atoms with Gasteiger partial charge in [-0.1, -0.05) is 32.0 Å². The third-order valence-corrected chi connectivity index (χ3v) is 7.58. The first kappa shape index (κ1) is 24.1. The largest absolute Gasteiger partial charge is 0.397 e. The predicted octanol–water partition coefficient (Wildman–Crippen LogP) is 4.67. The summed E-state index contributed by atoms with van der Waals surface area (Å²) in [6.07, 6.45) is 9.42. The Hall–Kier alpha value is -3.62. The van der Waals surface area contributed by atoms with E-state index in [2.05, 4.69) is 60.2 Å². The molecule has 0 amide bonds. The van der Waals surface area contributed by atoms with Crippen molar-refractivity contribution < 1.29 is 0 Å². The van der Waals surface area contributed by atoms with E-state index in [-0.39, 0.29) is 0 Å². The third kappa shape index (κ3) is 5.29. The number of rotatable bonds is 7. The van der Waals surface area contributed by atoms with E-state index in [0.29, 0.717) is 11.6 Å². The average molecular weight is 500 g/mol. The highest BCUT2D eigenvalue weighted by atomic mass is 32.1. The lowest BCUT2D eigenvalue weighted by atomic mass is 9.97. The van der Waals surface area contributed by atoms with Gasteiger partial charge in [0, 0.05) is 56.2 Å². The first-order valence-electron chi connectivity index (χ1n) is 12.3. The maximum Gasteiger partial charge on any atom is 0.185 e. The Balaban J connectivity index is 1.35. The van der Waals surface area contributed by atoms with E-state index in [1.807, 2.05) is 29.3 Å². The quantitative estimate of drug-likeness (QED) is 0.284. The minimum atomic E-state index is 0.448. The van der Waals surface area contributed by atoms with Crippen molar-refractivity contribution in [2.45, 2.75) is 39.2 Å². The number of anilines is 1. The Morgan fingerprint density at radius 3 is 2.81 bits per heavy atom. The predicted molar refractivity (Wildman–Crippen MR) is 148 cm³/mol. The lowest BCUT2D eigenvalue weighted by molar-refractivity contribution is 0.486. The molecule has 0 bridgehead atoms. The van der Waals surface area contributed by atoms with Crippen LogP contribution >= 0.6 is 11.3 Å². The smallest absolute Gasteiger partial charge is 0.185 e. The van der Waals surface area contributed by atoms with Gasteiger partial charge in [0.05, 0.1) is 11.4 Å². The van der Waals surface area contributed by atoms with Crippen LogP contribution in [0.1, 0.15) is 52.5 Å². The maximum absolute atomic E-state index is 6.23. The molecule has 4 aromatic rings. The minimum Gasteiger partial charge on any atom is -0.397 e. The van der Waals surface area contributed by atoms with Crippen LogP contribution in [0.5, 0.6) is 0 Å². The Labute approximate surface area is 216 Å². The number of hydrogen-bond acceptors (Lipinski definition) is 7. The fourth-order valence-electron chi connectivity index (χ4n) is 4.61. The molecule has 8 heteroatoms. The zero-order valence-electron chi connectivity index (χ0n) is 21.1. The summed E-state index contributed by atoms with van der Waals surface area (Å²) in [5.74, 6) is 6.19. The average Bonchev–Trinajstić information content (AvgIpc) is 3.55. The Morgan fingerprint density at radius 2 is 2.06 bits per heavy atom. The molecule has 1 aliphatic rings. The van der Waals surface area contributed by atoms with Gasteiger partial charge in [-0.3, -0.25) is 0 Å². The van der Waals surface area contributed by atoms with Gasteiger partial charge in [-0.25, -0.2) is 15.5 Å². The second-order valence-corrected chi connectivity index (χ2v) is 10.8. The number of hydrazine groups is 1. The van der Waals surface area contributed by atoms with E-state index in [1.165, 1.54) is 32.1 Å². The van der Waals surface area contributed by atoms with Gasteiger partial charge in [0.15, 0.2) is 5.13 Å². The van der Waals surface area contributed by atoms with E-state index in [4.69, 9.17) is 16.6 Å². The van der Waals surface area contributed by atoms with Crippen LogP contribution in [0.4, 0.5) is 5.13 Å². The molecule has 36 heavy (non-hydrogen) atoms. The molecule has 4 N–H and O–H groups in total. The molecule has 0 saturated carbocycles. The highest BCUT2D eigenvalue weighted by Crippen LogP contribution is 2.31. The van der Waals surface area contributed by atoms with Gasteiger partial charge < -0.3 is 15.6 Å². The molecule has 0 fully saturated rings. The van der Waals surface area contributed by atoms with Gasteiger partial charge in [-0.05, 0) is 64.4 Å². The van der Waals surface area contributed by atoms with Crippen LogP contribution in [0.15, 0.2) is 67.3 Å². The Bertz CT molecular complexity index is 1370. The van der Waals surface area contributed by atoms with E-state index < -0.39 is 0 Å². The highest BCUT2D eigenvalue weighted by molar-refractivity contribution is 7.15. The van der Waals surface area contributed by atoms with Crippen LogP contribution in [0.25, 0.3) is 11.4 Å². The zero-order chi connectivity index (χ0) is 25.2. The molecule has 0 aliphatic carbocycles. The summed E-state index contributed by atoms with van der Waals surface area (Å²) in [5, 5.41) is 6.98. The second-order valence-electron chi connectivity index (χ2n) is 9.73. The first-order valence-corrected chi connectivity index (χ1v) is 13.1. The molecule has 5 rings (SSSR count). The molecule has 2 aromatic carbocycles. The fourth-order valence-corrected chi connectivity index (χ4v) is 5.58. The van der Waals surface area contributed by atoms with E-state index >= 15 is 0 Å². The van der Waals surface area contributed by atoms with Gasteiger partial charge in [-0.15, -0.1) is 11.3 Å². The molecule has 3 heterocycles. The second kappa shape index (κ2) is 10.2. The van der Waals surface area contributed by atoms with Crippen molar-refractivity contribution in [2.24, 2.45) is 11.6 Å². The van der Waals surface area contributed by atoms with Gasteiger partial charge in [0.25, 0.3) is 0 Å². The third-order valence-electron chi connectivity index (χ3n) is 6.52. The monoisotopic (exact) mass is 499 g/mol. The van der Waals surface area contributed by atoms with Crippen LogP contribution in [0, 0.1) is 0 Å². The molecule has 0 atom stereocenters. The zero-order valence-corrected chi connectivity index (χ0v) is 21.9. The van der Waals surface area contributed by atoms with Crippen molar-refractivity contribution in [1.29, 1.82) is 0 Å². The van der Waals surface area contributed by atoms with Gasteiger partial charge in [0.2, 0.25) is 0 Å². The topological polar surface area (TPSA) is 89.2 Å². The van der Waals surface area contributed by atoms with Gasteiger partial charge >= 0.3 is 0 Å². The lowest BCUT2D eigenvalue weighted by Gasteiger charge is -2.29. The van der Waals surface area contributed by atoms with E-state index in [9.17, 15) is 0 Å². The van der Waals surface area contributed by atoms with E-state index in [1.54, 1.807) is 24.6 Å². The molecule has 186 valence electrons. The normalized spacial score (nSPS) is 13.8. The number of benzene rings is 2. The number of nitrogens with zero attached hydrogens (tertiary/aromatic N) is 5. The molecular weight excluding hydrogens is 466 g/mol. The molecule has 0 saturated heterocycles. The molecule has 1 aliphatic heterocycles. The molecule has 7 nitrogen and oxygen atoms in total. The number of aromatic nitrogens is 3. The maximum atomic E-state index is 6.23. The van der Waals surface area contributed by atoms with Crippen LogP contribution < -0.4 is 16.5 Å². The summed E-state index contributed by atoms with van der Waals surface area (Å²) in [4.78, 5) is 8.43. The summed E-state index contributed by atoms with van der Waals surface area (Å²) in [6.45, 7) is 6.25. The Morgan fingerprint density at radius 1 is 1.19 bits per heavy atom. The molecule has 0 radical (unpaired) electrons. The number of nitrogens with two attached hydrogens (primary N) is 2. The lowest BCUT2D eigenvalue weighted by Crippen LogP contribution is -2.30. The van der Waals surface area contributed by atoms with E-state index in [0.717, 1.165) is 42.3 Å². The van der Waals surface area contributed by atoms with Crippen molar-refractivity contribution >= 4 is 22.2 Å². The summed E-state index contributed by atoms with van der Waals surface area (Å²) in [5.41, 5.74) is 14.3. The molecule has 0 spiro atoms. The summed E-state index contributed by atoms with van der Waals surface area (Å²) < 4.78 is 1.93. The summed E-state index contributed by atoms with van der Waals surface area (Å²) >= 11 is 1.78. The van der Waals surface area contributed by atoms with Crippen LogP contribution in [-0.4, -0.2) is 33.4 Å². The van der Waals surface area contributed by atoms with Crippen molar-refractivity contribution in [3.63, 3.8) is 0 Å². The molecule has 0 unspecified atom stereocenters. The van der Waals surface area contributed by atoms with Crippen LogP contribution in [0.3, 0.4) is 0 Å². The van der Waals surface area contributed by atoms with Crippen molar-refractivity contribution in [1.82, 2.24) is 19.8 Å². The van der Waals surface area contributed by atoms with Gasteiger partial charge in [0.1, 0.15) is 0 Å². The van der Waals surface area contributed by atoms with Crippen LogP contribution in [-0.2, 0) is 19.4 Å². The number of fused-ring (bicyclic) bond motifs is 1. The molecule has 2 aromatic heterocycles. The first-order chi connectivity index (χ1) is 17.4. The summed E-state index contributed by atoms with van der Waals surface area (Å²) in [7, 11) is 1.77. The van der Waals surface area contributed by atoms with Crippen LogP contribution in [0.2, 0.25) is 0 Å². The standard InChI is InChI=1S/C28H33N7S/c1-19(2)23-11-20(12-25(15-23)35-9-4-8-32-35)13-26-16-31-28(36-26)34-10-7-21-5-6-22(14-24(21)17-34)27(29)18-33(3)30/h4-6,8-9,11-12,14-16,18-19H,7,10,13,17,29-30H2,1-3H3/b27-18-. The minimum absolute atomic E-state index is 0.448. The van der Waals surface area contributed by atoms with Gasteiger partial charge in [-0.2, -0.15) is 5.10 Å². The summed E-state index contributed by atoms with van der Waals surface area (Å²) in [6, 6.07) is 15.2. The van der Waals surface area contributed by atoms with Crippen molar-refractivity contribution in [3.05, 3.63) is 99.9 Å². The highest BCUT2D eigenvalue weighted by Gasteiger charge is 2.20. The number of thiazole rings is 1. The Kier molecular flexibility index (Phi) is 6.80.